The third-order valence-electron chi connectivity index (χ3n) is 3.69. The summed E-state index contributed by atoms with van der Waals surface area (Å²) in [7, 11) is 0. The van der Waals surface area contributed by atoms with Gasteiger partial charge in [-0.3, -0.25) is 0 Å². The van der Waals surface area contributed by atoms with Crippen LogP contribution in [-0.2, 0) is 0 Å². The Labute approximate surface area is 365 Å². The zero-order chi connectivity index (χ0) is 44.4. The van der Waals surface area contributed by atoms with E-state index in [2.05, 4.69) is 349 Å². The predicted octanol–water partition coefficient (Wildman–Crippen LogP) is 0.242. The fourth-order valence-corrected chi connectivity index (χ4v) is 1.81. The lowest BCUT2D eigenvalue weighted by Crippen LogP contribution is -1.57. The molecule has 1 nitrogen and oxygen atoms in total. The van der Waals surface area contributed by atoms with Crippen LogP contribution in [0.4, 0.5) is 0 Å². The molecule has 0 aromatic carbocycles. The fraction of sp³-hybridized carbons (Fsp3) is 0. The zero-order valence-electron chi connectivity index (χ0n) is 31.0. The van der Waals surface area contributed by atoms with Gasteiger partial charge in [0.25, 0.3) is 0 Å². The van der Waals surface area contributed by atoms with Crippen LogP contribution in [0, 0.1) is 367 Å². The molecule has 0 atom stereocenters. The summed E-state index contributed by atoms with van der Waals surface area (Å²) in [6.45, 7) is 0. The van der Waals surface area contributed by atoms with Crippen LogP contribution in [0.3, 0.4) is 0 Å². The van der Waals surface area contributed by atoms with Gasteiger partial charge >= 0.3 is 0 Å². The van der Waals surface area contributed by atoms with E-state index in [9.17, 15) is 0 Å². The number of rotatable bonds is 0. The average molecular weight is 748 g/mol. The summed E-state index contributed by atoms with van der Waals surface area (Å²) in [5.41, 5.74) is 0. The molecule has 0 spiro atoms. The van der Waals surface area contributed by atoms with Crippen LogP contribution < -0.4 is 0 Å². The van der Waals surface area contributed by atoms with Gasteiger partial charge in [0, 0.05) is 302 Å². The Kier molecular flexibility index (Phi) is 36.8. The molecule has 0 aromatic rings. The van der Waals surface area contributed by atoms with E-state index in [1.807, 2.05) is 0 Å². The number of terminal acetylenes is 1. The molecular weight excluding hydrogens is 747 g/mol. The highest BCUT2D eigenvalue weighted by Crippen LogP contribution is 1.63. The molecule has 0 fully saturated rings. The van der Waals surface area contributed by atoms with E-state index in [1.165, 1.54) is 0 Å². The van der Waals surface area contributed by atoms with Gasteiger partial charge in [0.15, 0.2) is 6.07 Å². The summed E-state index contributed by atoms with van der Waals surface area (Å²) in [6, 6.07) is 1.62. The van der Waals surface area contributed by atoms with Crippen molar-refractivity contribution in [1.29, 1.82) is 5.26 Å². The quantitative estimate of drug-likeness (QED) is 0.327. The lowest BCUT2D eigenvalue weighted by molar-refractivity contribution is 1.55. The van der Waals surface area contributed by atoms with Gasteiger partial charge in [0.2, 0.25) is 0 Å². The molecule has 0 N–H and O–H groups in total. The summed E-state index contributed by atoms with van der Waals surface area (Å²) < 4.78 is 0. The predicted molar refractivity (Wildman–Crippen MR) is 240 cm³/mol. The molecule has 0 aliphatic carbocycles. The van der Waals surface area contributed by atoms with E-state index < -0.39 is 0 Å². The summed E-state index contributed by atoms with van der Waals surface area (Å²) in [4.78, 5) is 0. The van der Waals surface area contributed by atoms with E-state index in [4.69, 9.17) is 11.7 Å². The largest absolute Gasteiger partial charge is 0.183 e. The summed E-state index contributed by atoms with van der Waals surface area (Å²) in [5, 5.41) is 8.20. The Balaban J connectivity index is 4.59. The molecule has 0 aromatic heterocycles. The monoisotopic (exact) mass is 747 g/mol. The van der Waals surface area contributed by atoms with Crippen molar-refractivity contribution in [3.05, 3.63) is 0 Å². The normalized spacial score (nSPS) is 3.90. The molecule has 0 saturated heterocycles. The summed E-state index contributed by atoms with van der Waals surface area (Å²) in [6.07, 6.45) is 4.94. The molecule has 62 heavy (non-hydrogen) atoms. The van der Waals surface area contributed by atoms with E-state index in [0.29, 0.717) is 0 Å². The first-order chi connectivity index (χ1) is 30.9. The van der Waals surface area contributed by atoms with E-state index in [1.54, 1.807) is 6.07 Å². The molecule has 0 amide bonds. The maximum atomic E-state index is 8.20. The van der Waals surface area contributed by atoms with E-state index in [-0.39, 0.29) is 0 Å². The first kappa shape index (κ1) is 48.3. The molecule has 250 valence electrons. The molecule has 0 heterocycles. The highest BCUT2D eigenvalue weighted by atomic mass is 14.2. The fourth-order valence-electron chi connectivity index (χ4n) is 1.81. The van der Waals surface area contributed by atoms with Crippen molar-refractivity contribution in [1.82, 2.24) is 0 Å². The van der Waals surface area contributed by atoms with E-state index >= 15 is 0 Å². The minimum Gasteiger partial charge on any atom is -0.183 e. The average Bonchev–Trinajstić information content (AvgIpc) is 3.28. The van der Waals surface area contributed by atoms with Crippen molar-refractivity contribution in [3.63, 3.8) is 0 Å². The molecule has 0 unspecified atom stereocenters. The Morgan fingerprint density at radius 3 is 0.290 bits per heavy atom. The van der Waals surface area contributed by atoms with Gasteiger partial charge in [-0.25, -0.2) is 0 Å². The minimum atomic E-state index is 1.62. The van der Waals surface area contributed by atoms with Crippen molar-refractivity contribution >= 4 is 0 Å². The Morgan fingerprint density at radius 2 is 0.210 bits per heavy atom. The minimum absolute atomic E-state index is 1.62. The highest BCUT2D eigenvalue weighted by Gasteiger charge is 1.63. The first-order valence-corrected chi connectivity index (χ1v) is 15.3. The molecule has 0 rings (SSSR count). The molecule has 0 aliphatic rings. The zero-order valence-corrected chi connectivity index (χ0v) is 31.0. The maximum absolute atomic E-state index is 8.20. The van der Waals surface area contributed by atoms with Crippen molar-refractivity contribution in [3.8, 4) is 362 Å². The van der Waals surface area contributed by atoms with Crippen molar-refractivity contribution in [2.45, 2.75) is 0 Å². The molecule has 0 aliphatic heterocycles. The third kappa shape index (κ3) is 46.3. The maximum Gasteiger partial charge on any atom is 0.153 e. The van der Waals surface area contributed by atoms with Gasteiger partial charge < -0.3 is 0 Å². The number of hydrogen-bond acceptors (Lipinski definition) is 1. The molecule has 0 bridgehead atoms. The van der Waals surface area contributed by atoms with Crippen molar-refractivity contribution < 1.29 is 0 Å². The van der Waals surface area contributed by atoms with Crippen LogP contribution in [0.2, 0.25) is 0 Å². The second-order valence-electron chi connectivity index (χ2n) is 7.51. The van der Waals surface area contributed by atoms with Gasteiger partial charge in [-0.15, -0.1) is 6.42 Å². The van der Waals surface area contributed by atoms with Crippen LogP contribution in [0.5, 0.6) is 0 Å². The topological polar surface area (TPSA) is 23.8 Å². The van der Waals surface area contributed by atoms with Gasteiger partial charge in [0.05, 0.1) is 0 Å². The van der Waals surface area contributed by atoms with Gasteiger partial charge in [-0.1, -0.05) is 0 Å². The van der Waals surface area contributed by atoms with Crippen LogP contribution in [-0.4, -0.2) is 0 Å². The van der Waals surface area contributed by atoms with Crippen LogP contribution >= 0.6 is 0 Å². The van der Waals surface area contributed by atoms with Crippen molar-refractivity contribution in [2.75, 3.05) is 0 Å². The van der Waals surface area contributed by atoms with Crippen LogP contribution in [0.1, 0.15) is 0 Å². The number of nitriles is 1. The number of nitrogens with zero attached hydrogens (tertiary/aromatic N) is 1. The van der Waals surface area contributed by atoms with Gasteiger partial charge in [-0.05, 0) is 47.4 Å². The van der Waals surface area contributed by atoms with E-state index in [0.717, 1.165) is 0 Å². The lowest BCUT2D eigenvalue weighted by atomic mass is 10.4. The molecule has 1 heteroatoms. The lowest BCUT2D eigenvalue weighted by Gasteiger charge is -1.57. The molecular formula is C61HN. The van der Waals surface area contributed by atoms with Crippen LogP contribution in [0.25, 0.3) is 0 Å². The second-order valence-corrected chi connectivity index (χ2v) is 7.51. The third-order valence-corrected chi connectivity index (χ3v) is 3.69. The Hall–Kier alpha value is -13.7. The SMILES string of the molecule is C#CC#CC#CC#CC#CC#CC#CC#CC#CC#CC#CC#CC#CC#CC#CC#CC#CC#CC#CC#CC#CC#CC#CC#CC#CC#CC#CC#CC#CC#CC#N. The van der Waals surface area contributed by atoms with Gasteiger partial charge in [-0.2, -0.15) is 5.26 Å². The number of hydrogen-bond donors (Lipinski definition) is 0. The second kappa shape index (κ2) is 47.3. The Morgan fingerprint density at radius 1 is 0.129 bits per heavy atom. The summed E-state index contributed by atoms with van der Waals surface area (Å²) in [5.74, 6) is 145. The van der Waals surface area contributed by atoms with Crippen LogP contribution in [0.15, 0.2) is 0 Å². The molecule has 0 saturated carbocycles. The molecule has 0 radical (unpaired) electrons. The Bertz CT molecular complexity index is 3720. The van der Waals surface area contributed by atoms with Gasteiger partial charge in [0.1, 0.15) is 0 Å². The van der Waals surface area contributed by atoms with Crippen molar-refractivity contribution in [2.24, 2.45) is 0 Å². The summed E-state index contributed by atoms with van der Waals surface area (Å²) >= 11 is 0. The smallest absolute Gasteiger partial charge is 0.153 e. The first-order valence-electron chi connectivity index (χ1n) is 15.3. The highest BCUT2D eigenvalue weighted by molar-refractivity contribution is 5.52. The standard InChI is InChI=1S/C61HN/c1-2-3-4-5-6-7-8-9-10-11-12-13-14-15-16-17-18-19-20-21-22-23-24-25-26-27-28-29-30-31-32-33-34-35-36-37-38-39-40-41-42-43-44-45-46-47-48-49-50-51-52-53-54-55-56-57-58-59-60-61-62/h1H.